The molecule has 10 heteroatoms. The van der Waals surface area contributed by atoms with E-state index in [0.29, 0.717) is 30.4 Å². The predicted octanol–water partition coefficient (Wildman–Crippen LogP) is 4.12. The summed E-state index contributed by atoms with van der Waals surface area (Å²) in [6.07, 6.45) is 3.78. The van der Waals surface area contributed by atoms with Crippen LogP contribution in [0.3, 0.4) is 0 Å². The van der Waals surface area contributed by atoms with Gasteiger partial charge in [-0.15, -0.1) is 11.8 Å². The van der Waals surface area contributed by atoms with Crippen molar-refractivity contribution in [2.75, 3.05) is 19.3 Å². The first-order valence-corrected chi connectivity index (χ1v) is 13.8. The molecule has 1 saturated heterocycles. The topological polar surface area (TPSA) is 105 Å². The molecule has 0 radical (unpaired) electrons. The van der Waals surface area contributed by atoms with E-state index in [2.05, 4.69) is 21.8 Å². The molecule has 1 aliphatic rings. The van der Waals surface area contributed by atoms with Crippen LogP contribution >= 0.6 is 11.8 Å². The van der Waals surface area contributed by atoms with Crippen LogP contribution in [0.5, 0.6) is 0 Å². The van der Waals surface area contributed by atoms with Crippen LogP contribution < -0.4 is 4.72 Å². The van der Waals surface area contributed by atoms with Crippen molar-refractivity contribution < 1.29 is 17.7 Å². The maximum Gasteiger partial charge on any atom is 0.255 e. The number of amides is 1. The fourth-order valence-electron chi connectivity index (χ4n) is 3.90. The van der Waals surface area contributed by atoms with Crippen molar-refractivity contribution in [1.29, 1.82) is 0 Å². The zero-order valence-corrected chi connectivity index (χ0v) is 21.1. The summed E-state index contributed by atoms with van der Waals surface area (Å²) in [4.78, 5) is 20.1. The van der Waals surface area contributed by atoms with Crippen molar-refractivity contribution in [3.8, 4) is 11.4 Å². The maximum atomic E-state index is 13.2. The van der Waals surface area contributed by atoms with E-state index in [-0.39, 0.29) is 23.2 Å². The van der Waals surface area contributed by atoms with Crippen LogP contribution in [0.4, 0.5) is 0 Å². The molecule has 1 fully saturated rings. The highest BCUT2D eigenvalue weighted by Crippen LogP contribution is 2.27. The number of sulfonamides is 1. The summed E-state index contributed by atoms with van der Waals surface area (Å²) in [5.41, 5.74) is 2.22. The number of carbonyl (C=O) groups is 1. The maximum absolute atomic E-state index is 13.2. The van der Waals surface area contributed by atoms with Crippen molar-refractivity contribution in [2.24, 2.45) is 5.92 Å². The molecule has 0 aliphatic carbocycles. The highest BCUT2D eigenvalue weighted by atomic mass is 32.2. The molecular formula is C24H28N4O4S2. The van der Waals surface area contributed by atoms with E-state index in [4.69, 9.17) is 4.52 Å². The Labute approximate surface area is 204 Å². The van der Waals surface area contributed by atoms with Crippen LogP contribution in [-0.4, -0.2) is 48.7 Å². The Kier molecular flexibility index (Phi) is 7.39. The van der Waals surface area contributed by atoms with Gasteiger partial charge in [0.2, 0.25) is 21.7 Å². The van der Waals surface area contributed by atoms with E-state index < -0.39 is 10.0 Å². The Balaban J connectivity index is 1.51. The molecule has 8 nitrogen and oxygen atoms in total. The number of hydrogen-bond donors (Lipinski definition) is 1. The second-order valence-corrected chi connectivity index (χ2v) is 11.1. The molecule has 1 aromatic heterocycles. The molecule has 4 rings (SSSR count). The highest BCUT2D eigenvalue weighted by molar-refractivity contribution is 7.98. The van der Waals surface area contributed by atoms with E-state index in [1.807, 2.05) is 42.3 Å². The number of aromatic nitrogens is 2. The SMILES string of the molecule is CSc1ccc(S(=O)(=O)NCc2nc(-c3ccccc3C)no2)cc1C(=O)N1CCC(C)CC1. The molecular weight excluding hydrogens is 472 g/mol. The largest absolute Gasteiger partial charge is 0.339 e. The molecule has 0 bridgehead atoms. The van der Waals surface area contributed by atoms with Crippen LogP contribution in [0, 0.1) is 12.8 Å². The summed E-state index contributed by atoms with van der Waals surface area (Å²) >= 11 is 1.42. The van der Waals surface area contributed by atoms with Gasteiger partial charge >= 0.3 is 0 Å². The third kappa shape index (κ3) is 5.34. The average molecular weight is 501 g/mol. The zero-order chi connectivity index (χ0) is 24.3. The zero-order valence-electron chi connectivity index (χ0n) is 19.4. The number of likely N-dealkylation sites (tertiary alicyclic amines) is 1. The fourth-order valence-corrected chi connectivity index (χ4v) is 5.47. The van der Waals surface area contributed by atoms with Gasteiger partial charge in [-0.3, -0.25) is 4.79 Å². The number of aryl methyl sites for hydroxylation is 1. The molecule has 0 atom stereocenters. The van der Waals surface area contributed by atoms with E-state index in [1.54, 1.807) is 6.07 Å². The van der Waals surface area contributed by atoms with Gasteiger partial charge < -0.3 is 9.42 Å². The Morgan fingerprint density at radius 2 is 1.94 bits per heavy atom. The Bertz CT molecular complexity index is 1280. The van der Waals surface area contributed by atoms with Gasteiger partial charge in [0.1, 0.15) is 0 Å². The van der Waals surface area contributed by atoms with Crippen LogP contribution in [0.1, 0.15) is 41.6 Å². The summed E-state index contributed by atoms with van der Waals surface area (Å²) in [6, 6.07) is 12.3. The van der Waals surface area contributed by atoms with Gasteiger partial charge in [0.15, 0.2) is 0 Å². The fraction of sp³-hybridized carbons (Fsp3) is 0.375. The molecule has 0 spiro atoms. The Hall–Kier alpha value is -2.69. The number of piperidine rings is 1. The summed E-state index contributed by atoms with van der Waals surface area (Å²) < 4.78 is 33.7. The summed E-state index contributed by atoms with van der Waals surface area (Å²) in [5, 5.41) is 3.96. The molecule has 0 unspecified atom stereocenters. The first-order chi connectivity index (χ1) is 16.3. The summed E-state index contributed by atoms with van der Waals surface area (Å²) in [6.45, 7) is 5.34. The number of carbonyl (C=O) groups excluding carboxylic acids is 1. The van der Waals surface area contributed by atoms with Crippen molar-refractivity contribution >= 4 is 27.7 Å². The van der Waals surface area contributed by atoms with E-state index in [9.17, 15) is 13.2 Å². The lowest BCUT2D eigenvalue weighted by Gasteiger charge is -2.30. The number of thioether (sulfide) groups is 1. The predicted molar refractivity (Wildman–Crippen MR) is 131 cm³/mol. The van der Waals surface area contributed by atoms with Crippen LogP contribution in [0.25, 0.3) is 11.4 Å². The lowest BCUT2D eigenvalue weighted by atomic mass is 9.98. The Morgan fingerprint density at radius 1 is 1.21 bits per heavy atom. The summed E-state index contributed by atoms with van der Waals surface area (Å²) in [5.74, 6) is 1.02. The van der Waals surface area contributed by atoms with E-state index in [1.165, 1.54) is 23.9 Å². The third-order valence-electron chi connectivity index (χ3n) is 6.05. The minimum Gasteiger partial charge on any atom is -0.339 e. The number of rotatable bonds is 7. The normalized spacial score (nSPS) is 15.0. The quantitative estimate of drug-likeness (QED) is 0.487. The average Bonchev–Trinajstić information content (AvgIpc) is 3.31. The molecule has 34 heavy (non-hydrogen) atoms. The molecule has 1 aliphatic heterocycles. The van der Waals surface area contributed by atoms with Gasteiger partial charge in [0, 0.05) is 23.5 Å². The summed E-state index contributed by atoms with van der Waals surface area (Å²) in [7, 11) is -3.90. The van der Waals surface area contributed by atoms with Gasteiger partial charge in [-0.25, -0.2) is 13.1 Å². The minimum atomic E-state index is -3.90. The smallest absolute Gasteiger partial charge is 0.255 e. The molecule has 0 saturated carbocycles. The molecule has 3 aromatic rings. The molecule has 2 heterocycles. The number of benzene rings is 2. The van der Waals surface area contributed by atoms with Gasteiger partial charge in [-0.1, -0.05) is 36.3 Å². The van der Waals surface area contributed by atoms with Crippen LogP contribution in [-0.2, 0) is 16.6 Å². The van der Waals surface area contributed by atoms with Crippen LogP contribution in [0.15, 0.2) is 56.8 Å². The standard InChI is InChI=1S/C24H28N4O4S2/c1-16-10-12-28(13-11-16)24(29)20-14-18(8-9-21(20)33-3)34(30,31)25-15-22-26-23(27-32-22)19-7-5-4-6-17(19)2/h4-9,14,16,25H,10-13,15H2,1-3H3. The van der Waals surface area contributed by atoms with Crippen molar-refractivity contribution in [1.82, 2.24) is 19.8 Å². The number of nitrogens with one attached hydrogen (secondary N) is 1. The van der Waals surface area contributed by atoms with E-state index >= 15 is 0 Å². The molecule has 1 amide bonds. The first-order valence-electron chi connectivity index (χ1n) is 11.1. The number of nitrogens with zero attached hydrogens (tertiary/aromatic N) is 3. The molecule has 2 aromatic carbocycles. The van der Waals surface area contributed by atoms with E-state index in [0.717, 1.165) is 28.9 Å². The lowest BCUT2D eigenvalue weighted by molar-refractivity contribution is 0.0693. The van der Waals surface area contributed by atoms with Crippen molar-refractivity contribution in [2.45, 2.75) is 43.0 Å². The molecule has 1 N–H and O–H groups in total. The molecule has 180 valence electrons. The lowest BCUT2D eigenvalue weighted by Crippen LogP contribution is -2.38. The minimum absolute atomic E-state index is 0.0256. The second kappa shape index (κ2) is 10.3. The van der Waals surface area contributed by atoms with Gasteiger partial charge in [0.25, 0.3) is 5.91 Å². The van der Waals surface area contributed by atoms with Crippen molar-refractivity contribution in [3.05, 3.63) is 59.5 Å². The second-order valence-electron chi connectivity index (χ2n) is 8.49. The van der Waals surface area contributed by atoms with Gasteiger partial charge in [-0.05, 0) is 55.7 Å². The first kappa shape index (κ1) is 24.4. The number of hydrogen-bond acceptors (Lipinski definition) is 7. The van der Waals surface area contributed by atoms with Gasteiger partial charge in [0.05, 0.1) is 17.0 Å². The van der Waals surface area contributed by atoms with Crippen molar-refractivity contribution in [3.63, 3.8) is 0 Å². The third-order valence-corrected chi connectivity index (χ3v) is 8.24. The highest BCUT2D eigenvalue weighted by Gasteiger charge is 2.25. The Morgan fingerprint density at radius 3 is 2.65 bits per heavy atom. The van der Waals surface area contributed by atoms with Crippen LogP contribution in [0.2, 0.25) is 0 Å². The van der Waals surface area contributed by atoms with Gasteiger partial charge in [-0.2, -0.15) is 4.98 Å². The monoisotopic (exact) mass is 500 g/mol.